The molecule has 0 radical (unpaired) electrons. The van der Waals surface area contributed by atoms with Gasteiger partial charge in [0, 0.05) is 5.54 Å². The van der Waals surface area contributed by atoms with Gasteiger partial charge in [0.05, 0.1) is 33.7 Å². The van der Waals surface area contributed by atoms with Crippen molar-refractivity contribution in [3.63, 3.8) is 0 Å². The SMILES string of the molecule is CC(C)(C)NC(=O)CNC(=O)c1ccccc1NS(=O)(=O)c1ccc2[nH]c(=O)[nH]c2c1. The van der Waals surface area contributed by atoms with Crippen molar-refractivity contribution >= 4 is 38.6 Å². The number of H-pyrrole nitrogens is 2. The molecule has 0 aliphatic rings. The molecule has 0 saturated heterocycles. The van der Waals surface area contributed by atoms with Gasteiger partial charge in [0.15, 0.2) is 0 Å². The van der Waals surface area contributed by atoms with Gasteiger partial charge < -0.3 is 20.6 Å². The summed E-state index contributed by atoms with van der Waals surface area (Å²) in [4.78, 5) is 40.9. The second kappa shape index (κ2) is 8.26. The van der Waals surface area contributed by atoms with Crippen molar-refractivity contribution in [2.45, 2.75) is 31.2 Å². The molecule has 2 aromatic carbocycles. The number of nitrogens with one attached hydrogen (secondary N) is 5. The Morgan fingerprint density at radius 1 is 1.00 bits per heavy atom. The van der Waals surface area contributed by atoms with Crippen molar-refractivity contribution in [3.05, 3.63) is 58.5 Å². The van der Waals surface area contributed by atoms with Crippen LogP contribution in [0.2, 0.25) is 0 Å². The molecule has 0 aliphatic heterocycles. The molecule has 2 amide bonds. The average molecular weight is 446 g/mol. The molecule has 0 aliphatic carbocycles. The zero-order chi connectivity index (χ0) is 22.8. The van der Waals surface area contributed by atoms with Gasteiger partial charge in [-0.15, -0.1) is 0 Å². The summed E-state index contributed by atoms with van der Waals surface area (Å²) in [6.07, 6.45) is 0. The van der Waals surface area contributed by atoms with Crippen LogP contribution in [-0.2, 0) is 14.8 Å². The van der Waals surface area contributed by atoms with E-state index in [0.29, 0.717) is 11.0 Å². The second-order valence-corrected chi connectivity index (χ2v) is 9.60. The number of benzene rings is 2. The molecule has 0 atom stereocenters. The molecule has 0 unspecified atom stereocenters. The average Bonchev–Trinajstić information content (AvgIpc) is 3.04. The Bertz CT molecular complexity index is 1300. The Morgan fingerprint density at radius 3 is 2.39 bits per heavy atom. The Morgan fingerprint density at radius 2 is 1.68 bits per heavy atom. The van der Waals surface area contributed by atoms with E-state index in [4.69, 9.17) is 0 Å². The van der Waals surface area contributed by atoms with Crippen LogP contribution in [0.25, 0.3) is 11.0 Å². The summed E-state index contributed by atoms with van der Waals surface area (Å²) in [5, 5.41) is 5.21. The van der Waals surface area contributed by atoms with E-state index >= 15 is 0 Å². The number of hydrogen-bond acceptors (Lipinski definition) is 5. The molecule has 31 heavy (non-hydrogen) atoms. The fraction of sp³-hybridized carbons (Fsp3) is 0.250. The minimum atomic E-state index is -4.05. The van der Waals surface area contributed by atoms with Crippen LogP contribution in [0.3, 0.4) is 0 Å². The highest BCUT2D eigenvalue weighted by atomic mass is 32.2. The quantitative estimate of drug-likeness (QED) is 0.387. The maximum absolute atomic E-state index is 12.8. The number of imidazole rings is 1. The number of hydrogen-bond donors (Lipinski definition) is 5. The van der Waals surface area contributed by atoms with Crippen LogP contribution in [0.4, 0.5) is 5.69 Å². The number of anilines is 1. The number of para-hydroxylation sites is 1. The van der Waals surface area contributed by atoms with Gasteiger partial charge in [-0.25, -0.2) is 13.2 Å². The number of carbonyl (C=O) groups is 2. The summed E-state index contributed by atoms with van der Waals surface area (Å²) in [7, 11) is -4.05. The Balaban J connectivity index is 1.79. The van der Waals surface area contributed by atoms with Crippen LogP contribution >= 0.6 is 0 Å². The first-order valence-corrected chi connectivity index (χ1v) is 10.9. The predicted octanol–water partition coefficient (Wildman–Crippen LogP) is 1.30. The Labute approximate surface area is 178 Å². The molecule has 0 bridgehead atoms. The Kier molecular flexibility index (Phi) is 5.89. The summed E-state index contributed by atoms with van der Waals surface area (Å²) in [6.45, 7) is 5.19. The van der Waals surface area contributed by atoms with E-state index in [1.165, 1.54) is 30.3 Å². The number of sulfonamides is 1. The van der Waals surface area contributed by atoms with Gasteiger partial charge in [-0.3, -0.25) is 14.3 Å². The van der Waals surface area contributed by atoms with E-state index in [0.717, 1.165) is 0 Å². The lowest BCUT2D eigenvalue weighted by Gasteiger charge is -2.20. The van der Waals surface area contributed by atoms with Gasteiger partial charge in [-0.2, -0.15) is 0 Å². The minimum Gasteiger partial charge on any atom is -0.350 e. The number of aromatic nitrogens is 2. The maximum atomic E-state index is 12.8. The first-order chi connectivity index (χ1) is 14.4. The molecular weight excluding hydrogens is 422 g/mol. The highest BCUT2D eigenvalue weighted by molar-refractivity contribution is 7.92. The molecular formula is C20H23N5O5S. The van der Waals surface area contributed by atoms with E-state index in [2.05, 4.69) is 25.3 Å². The standard InChI is InChI=1S/C20H23N5O5S/c1-20(2,3)24-17(26)11-21-18(27)13-6-4-5-7-14(13)25-31(29,30)12-8-9-15-16(10-12)23-19(28)22-15/h4-10,25H,11H2,1-3H3,(H,21,27)(H,24,26)(H2,22,23,28). The summed E-state index contributed by atoms with van der Waals surface area (Å²) in [5.74, 6) is -0.972. The number of aromatic amines is 2. The lowest BCUT2D eigenvalue weighted by atomic mass is 10.1. The molecule has 3 rings (SSSR count). The lowest BCUT2D eigenvalue weighted by Crippen LogP contribution is -2.45. The molecule has 3 aromatic rings. The number of amides is 2. The molecule has 0 spiro atoms. The first kappa shape index (κ1) is 22.1. The highest BCUT2D eigenvalue weighted by Gasteiger charge is 2.20. The summed E-state index contributed by atoms with van der Waals surface area (Å²) in [5.41, 5.74) is 0.0286. The highest BCUT2D eigenvalue weighted by Crippen LogP contribution is 2.22. The maximum Gasteiger partial charge on any atom is 0.323 e. The van der Waals surface area contributed by atoms with Gasteiger partial charge in [-0.05, 0) is 51.1 Å². The fourth-order valence-electron chi connectivity index (χ4n) is 2.87. The van der Waals surface area contributed by atoms with E-state index in [-0.39, 0.29) is 28.6 Å². The van der Waals surface area contributed by atoms with E-state index in [1.807, 2.05) is 20.8 Å². The third kappa shape index (κ3) is 5.51. The van der Waals surface area contributed by atoms with Crippen molar-refractivity contribution < 1.29 is 18.0 Å². The normalized spacial score (nSPS) is 11.8. The molecule has 1 aromatic heterocycles. The summed E-state index contributed by atoms with van der Waals surface area (Å²) in [6, 6.07) is 10.2. The van der Waals surface area contributed by atoms with Crippen LogP contribution in [-0.4, -0.2) is 42.3 Å². The predicted molar refractivity (Wildman–Crippen MR) is 116 cm³/mol. The Hall–Kier alpha value is -3.60. The molecule has 164 valence electrons. The zero-order valence-electron chi connectivity index (χ0n) is 17.2. The van der Waals surface area contributed by atoms with Crippen molar-refractivity contribution in [1.82, 2.24) is 20.6 Å². The molecule has 1 heterocycles. The van der Waals surface area contributed by atoms with Crippen molar-refractivity contribution in [2.24, 2.45) is 0 Å². The minimum absolute atomic E-state index is 0.0545. The largest absolute Gasteiger partial charge is 0.350 e. The summed E-state index contributed by atoms with van der Waals surface area (Å²) >= 11 is 0. The van der Waals surface area contributed by atoms with Crippen molar-refractivity contribution in [1.29, 1.82) is 0 Å². The van der Waals surface area contributed by atoms with Crippen LogP contribution in [0.5, 0.6) is 0 Å². The van der Waals surface area contributed by atoms with Crippen molar-refractivity contribution in [2.75, 3.05) is 11.3 Å². The molecule has 0 fully saturated rings. The molecule has 11 heteroatoms. The van der Waals surface area contributed by atoms with Crippen LogP contribution in [0.15, 0.2) is 52.2 Å². The van der Waals surface area contributed by atoms with Crippen LogP contribution < -0.4 is 21.0 Å². The number of fused-ring (bicyclic) bond motifs is 1. The monoisotopic (exact) mass is 445 g/mol. The van der Waals surface area contributed by atoms with Gasteiger partial charge in [0.2, 0.25) is 5.91 Å². The first-order valence-electron chi connectivity index (χ1n) is 9.38. The molecule has 5 N–H and O–H groups in total. The fourth-order valence-corrected chi connectivity index (χ4v) is 3.98. The van der Waals surface area contributed by atoms with Crippen LogP contribution in [0.1, 0.15) is 31.1 Å². The molecule has 0 saturated carbocycles. The third-order valence-electron chi connectivity index (χ3n) is 4.14. The van der Waals surface area contributed by atoms with Crippen molar-refractivity contribution in [3.8, 4) is 0 Å². The molecule has 10 nitrogen and oxygen atoms in total. The van der Waals surface area contributed by atoms with E-state index in [1.54, 1.807) is 12.1 Å². The van der Waals surface area contributed by atoms with Gasteiger partial charge in [0.25, 0.3) is 15.9 Å². The lowest BCUT2D eigenvalue weighted by molar-refractivity contribution is -0.121. The number of rotatable bonds is 6. The van der Waals surface area contributed by atoms with Crippen LogP contribution in [0, 0.1) is 0 Å². The third-order valence-corrected chi connectivity index (χ3v) is 5.50. The summed E-state index contributed by atoms with van der Waals surface area (Å²) < 4.78 is 28.1. The second-order valence-electron chi connectivity index (χ2n) is 7.92. The van der Waals surface area contributed by atoms with Gasteiger partial charge in [-0.1, -0.05) is 12.1 Å². The van der Waals surface area contributed by atoms with E-state index in [9.17, 15) is 22.8 Å². The number of carbonyl (C=O) groups excluding carboxylic acids is 2. The van der Waals surface area contributed by atoms with Gasteiger partial charge >= 0.3 is 5.69 Å². The van der Waals surface area contributed by atoms with Gasteiger partial charge in [0.1, 0.15) is 0 Å². The van der Waals surface area contributed by atoms with E-state index < -0.39 is 27.2 Å². The topological polar surface area (TPSA) is 153 Å². The smallest absolute Gasteiger partial charge is 0.323 e. The zero-order valence-corrected chi connectivity index (χ0v) is 18.0.